The van der Waals surface area contributed by atoms with Gasteiger partial charge in [0, 0.05) is 59.8 Å². The van der Waals surface area contributed by atoms with E-state index in [4.69, 9.17) is 22.3 Å². The van der Waals surface area contributed by atoms with Crippen molar-refractivity contribution in [2.75, 3.05) is 18.8 Å². The highest BCUT2D eigenvalue weighted by molar-refractivity contribution is 6.30. The summed E-state index contributed by atoms with van der Waals surface area (Å²) in [4.78, 5) is 27.8. The van der Waals surface area contributed by atoms with Crippen LogP contribution in [0, 0.1) is 6.92 Å². The Morgan fingerprint density at radius 3 is 2.77 bits per heavy atom. The predicted molar refractivity (Wildman–Crippen MR) is 123 cm³/mol. The first-order valence-corrected chi connectivity index (χ1v) is 10.9. The first-order valence-electron chi connectivity index (χ1n) is 10.6. The molecule has 3 aromatic rings. The van der Waals surface area contributed by atoms with E-state index in [2.05, 4.69) is 16.0 Å². The standard InChI is InChI=1S/C24H26ClN5O/c1-16-10-19(20-13-27-24(26)28-14-20)12-22(29-16)18-5-3-9-30(15-18)23(31)8-7-17-4-2-6-21(25)11-17/h2,4,6,10-14,18H,3,5,7-9,15H2,1H3,(H2,26,27,28)/t18-/m0/s1. The van der Waals surface area contributed by atoms with Gasteiger partial charge in [-0.2, -0.15) is 0 Å². The van der Waals surface area contributed by atoms with Gasteiger partial charge in [-0.05, 0) is 61.6 Å². The third-order valence-electron chi connectivity index (χ3n) is 5.69. The number of aryl methyl sites for hydroxylation is 2. The second-order valence-corrected chi connectivity index (χ2v) is 8.50. The fourth-order valence-electron chi connectivity index (χ4n) is 4.10. The molecule has 0 spiro atoms. The minimum atomic E-state index is 0.185. The summed E-state index contributed by atoms with van der Waals surface area (Å²) < 4.78 is 0. The monoisotopic (exact) mass is 435 g/mol. The number of amides is 1. The van der Waals surface area contributed by atoms with Gasteiger partial charge in [-0.15, -0.1) is 0 Å². The summed E-state index contributed by atoms with van der Waals surface area (Å²) in [7, 11) is 0. The molecule has 0 aliphatic carbocycles. The van der Waals surface area contributed by atoms with Crippen molar-refractivity contribution < 1.29 is 4.79 Å². The van der Waals surface area contributed by atoms with Crippen LogP contribution in [0.25, 0.3) is 11.1 Å². The van der Waals surface area contributed by atoms with E-state index in [-0.39, 0.29) is 17.8 Å². The second kappa shape index (κ2) is 9.43. The summed E-state index contributed by atoms with van der Waals surface area (Å²) in [5.74, 6) is 0.663. The smallest absolute Gasteiger partial charge is 0.222 e. The van der Waals surface area contributed by atoms with Crippen molar-refractivity contribution >= 4 is 23.5 Å². The zero-order valence-electron chi connectivity index (χ0n) is 17.6. The summed E-state index contributed by atoms with van der Waals surface area (Å²) >= 11 is 6.06. The Labute approximate surface area is 187 Å². The minimum absolute atomic E-state index is 0.185. The van der Waals surface area contributed by atoms with Gasteiger partial charge in [0.25, 0.3) is 0 Å². The molecule has 0 unspecified atom stereocenters. The molecule has 1 aromatic carbocycles. The van der Waals surface area contributed by atoms with Gasteiger partial charge in [0.1, 0.15) is 0 Å². The van der Waals surface area contributed by atoms with Crippen molar-refractivity contribution in [2.45, 2.75) is 38.5 Å². The van der Waals surface area contributed by atoms with Crippen LogP contribution >= 0.6 is 11.6 Å². The highest BCUT2D eigenvalue weighted by Gasteiger charge is 2.26. The van der Waals surface area contributed by atoms with Crippen LogP contribution in [0.2, 0.25) is 5.02 Å². The number of anilines is 1. The summed E-state index contributed by atoms with van der Waals surface area (Å²) in [5, 5.41) is 0.704. The molecule has 6 nitrogen and oxygen atoms in total. The first-order chi connectivity index (χ1) is 15.0. The van der Waals surface area contributed by atoms with Crippen LogP contribution in [0.1, 0.15) is 42.1 Å². The molecule has 1 amide bonds. The molecule has 31 heavy (non-hydrogen) atoms. The van der Waals surface area contributed by atoms with Crippen molar-refractivity contribution in [2.24, 2.45) is 0 Å². The number of nitrogen functional groups attached to an aromatic ring is 1. The average molecular weight is 436 g/mol. The molecule has 7 heteroatoms. The Kier molecular flexibility index (Phi) is 6.47. The van der Waals surface area contributed by atoms with Crippen LogP contribution < -0.4 is 5.73 Å². The molecule has 1 saturated heterocycles. The molecule has 1 fully saturated rings. The maximum absolute atomic E-state index is 12.9. The van der Waals surface area contributed by atoms with Gasteiger partial charge in [0.05, 0.1) is 0 Å². The van der Waals surface area contributed by atoms with E-state index in [9.17, 15) is 4.79 Å². The Morgan fingerprint density at radius 1 is 1.19 bits per heavy atom. The van der Waals surface area contributed by atoms with E-state index in [0.29, 0.717) is 24.4 Å². The number of hydrogen-bond donors (Lipinski definition) is 1. The lowest BCUT2D eigenvalue weighted by Crippen LogP contribution is -2.39. The molecule has 0 saturated carbocycles. The maximum Gasteiger partial charge on any atom is 0.222 e. The Bertz CT molecular complexity index is 1070. The van der Waals surface area contributed by atoms with Crippen molar-refractivity contribution in [3.05, 3.63) is 70.8 Å². The predicted octanol–water partition coefficient (Wildman–Crippen LogP) is 4.42. The number of aromatic nitrogens is 3. The minimum Gasteiger partial charge on any atom is -0.368 e. The van der Waals surface area contributed by atoms with Crippen molar-refractivity contribution in [1.82, 2.24) is 19.9 Å². The van der Waals surface area contributed by atoms with Crippen molar-refractivity contribution in [1.29, 1.82) is 0 Å². The number of pyridine rings is 1. The lowest BCUT2D eigenvalue weighted by Gasteiger charge is -2.33. The third-order valence-corrected chi connectivity index (χ3v) is 5.92. The third kappa shape index (κ3) is 5.39. The van der Waals surface area contributed by atoms with Crippen LogP contribution in [0.4, 0.5) is 5.95 Å². The molecule has 1 atom stereocenters. The molecule has 1 aliphatic rings. The number of halogens is 1. The maximum atomic E-state index is 12.9. The largest absolute Gasteiger partial charge is 0.368 e. The summed E-state index contributed by atoms with van der Waals surface area (Å²) in [6, 6.07) is 11.8. The number of benzene rings is 1. The average Bonchev–Trinajstić information content (AvgIpc) is 2.78. The van der Waals surface area contributed by atoms with Crippen molar-refractivity contribution in [3.63, 3.8) is 0 Å². The van der Waals surface area contributed by atoms with Gasteiger partial charge < -0.3 is 10.6 Å². The zero-order chi connectivity index (χ0) is 21.8. The number of rotatable bonds is 5. The van der Waals surface area contributed by atoms with Gasteiger partial charge >= 0.3 is 0 Å². The lowest BCUT2D eigenvalue weighted by molar-refractivity contribution is -0.132. The fraction of sp³-hybridized carbons (Fsp3) is 0.333. The topological polar surface area (TPSA) is 85.0 Å². The summed E-state index contributed by atoms with van der Waals surface area (Å²) in [6.45, 7) is 3.49. The van der Waals surface area contributed by atoms with Crippen molar-refractivity contribution in [3.8, 4) is 11.1 Å². The quantitative estimate of drug-likeness (QED) is 0.641. The van der Waals surface area contributed by atoms with Gasteiger partial charge in [0.15, 0.2) is 0 Å². The van der Waals surface area contributed by atoms with E-state index in [1.54, 1.807) is 12.4 Å². The van der Waals surface area contributed by atoms with Crippen LogP contribution in [0.3, 0.4) is 0 Å². The number of carbonyl (C=O) groups excluding carboxylic acids is 1. The van der Waals surface area contributed by atoms with E-state index >= 15 is 0 Å². The summed E-state index contributed by atoms with van der Waals surface area (Å²) in [5.41, 5.74) is 10.6. The lowest BCUT2D eigenvalue weighted by atomic mass is 9.92. The van der Waals surface area contributed by atoms with Gasteiger partial charge in [-0.1, -0.05) is 23.7 Å². The molecule has 1 aliphatic heterocycles. The van der Waals surface area contributed by atoms with E-state index in [0.717, 1.165) is 47.5 Å². The highest BCUT2D eigenvalue weighted by Crippen LogP contribution is 2.30. The number of piperidine rings is 1. The highest BCUT2D eigenvalue weighted by atomic mass is 35.5. The van der Waals surface area contributed by atoms with E-state index < -0.39 is 0 Å². The number of nitrogens with two attached hydrogens (primary N) is 1. The number of nitrogens with zero attached hydrogens (tertiary/aromatic N) is 4. The molecule has 0 bridgehead atoms. The molecule has 2 aromatic heterocycles. The van der Waals surface area contributed by atoms with Crippen LogP contribution in [-0.2, 0) is 11.2 Å². The normalized spacial score (nSPS) is 16.3. The Balaban J connectivity index is 1.45. The van der Waals surface area contributed by atoms with Gasteiger partial charge in [0.2, 0.25) is 11.9 Å². The molecule has 4 rings (SSSR count). The number of hydrogen-bond acceptors (Lipinski definition) is 5. The Hall–Kier alpha value is -2.99. The first kappa shape index (κ1) is 21.2. The second-order valence-electron chi connectivity index (χ2n) is 8.06. The van der Waals surface area contributed by atoms with E-state index in [1.165, 1.54) is 0 Å². The molecule has 160 valence electrons. The molecule has 3 heterocycles. The van der Waals surface area contributed by atoms with Crippen LogP contribution in [0.5, 0.6) is 0 Å². The summed E-state index contributed by atoms with van der Waals surface area (Å²) in [6.07, 6.45) is 6.64. The van der Waals surface area contributed by atoms with Crippen LogP contribution in [0.15, 0.2) is 48.8 Å². The molecule has 0 radical (unpaired) electrons. The van der Waals surface area contributed by atoms with Crippen LogP contribution in [-0.4, -0.2) is 38.8 Å². The number of likely N-dealkylation sites (tertiary alicyclic amines) is 1. The molecular formula is C24H26ClN5O. The molecular weight excluding hydrogens is 410 g/mol. The van der Waals surface area contributed by atoms with Gasteiger partial charge in [-0.25, -0.2) is 9.97 Å². The van der Waals surface area contributed by atoms with Gasteiger partial charge in [-0.3, -0.25) is 9.78 Å². The molecule has 2 N–H and O–H groups in total. The Morgan fingerprint density at radius 2 is 2.00 bits per heavy atom. The fourth-order valence-corrected chi connectivity index (χ4v) is 4.32. The van der Waals surface area contributed by atoms with E-state index in [1.807, 2.05) is 42.2 Å². The SMILES string of the molecule is Cc1cc(-c2cnc(N)nc2)cc([C@H]2CCCN(C(=O)CCc3cccc(Cl)c3)C2)n1. The zero-order valence-corrected chi connectivity index (χ0v) is 18.3. The number of carbonyl (C=O) groups is 1.